The van der Waals surface area contributed by atoms with E-state index in [0.29, 0.717) is 5.76 Å². The topological polar surface area (TPSA) is 83.6 Å². The van der Waals surface area contributed by atoms with Gasteiger partial charge in [-0.05, 0) is 6.92 Å². The first-order valence-electron chi connectivity index (χ1n) is 5.31. The minimum atomic E-state index is -1.06. The van der Waals surface area contributed by atoms with E-state index in [0.717, 1.165) is 4.90 Å². The number of carbonyl (C=O) groups is 2. The van der Waals surface area contributed by atoms with Crippen LogP contribution in [0.4, 0.5) is 0 Å². The number of hydrogen-bond acceptors (Lipinski definition) is 4. The van der Waals surface area contributed by atoms with Gasteiger partial charge in [-0.1, -0.05) is 19.0 Å². The third kappa shape index (κ3) is 2.83. The molecule has 0 fully saturated rings. The molecule has 1 N–H and O–H groups in total. The number of aliphatic carboxylic acids is 1. The first-order valence-corrected chi connectivity index (χ1v) is 5.31. The smallest absolute Gasteiger partial charge is 0.326 e. The van der Waals surface area contributed by atoms with Gasteiger partial charge in [0.25, 0.3) is 5.91 Å². The number of carboxylic acid groups (broad SMARTS) is 1. The third-order valence-corrected chi connectivity index (χ3v) is 2.58. The largest absolute Gasteiger partial charge is 0.480 e. The Labute approximate surface area is 99.2 Å². The van der Waals surface area contributed by atoms with E-state index in [1.54, 1.807) is 0 Å². The van der Waals surface area contributed by atoms with Crippen molar-refractivity contribution in [3.05, 3.63) is 17.5 Å². The van der Waals surface area contributed by atoms with E-state index >= 15 is 0 Å². The Balaban J connectivity index is 2.85. The molecule has 1 heterocycles. The quantitative estimate of drug-likeness (QED) is 0.858. The summed E-state index contributed by atoms with van der Waals surface area (Å²) in [6.07, 6.45) is 0. The lowest BCUT2D eigenvalue weighted by Gasteiger charge is -2.19. The molecule has 0 aliphatic carbocycles. The van der Waals surface area contributed by atoms with Crippen molar-refractivity contribution in [1.29, 1.82) is 0 Å². The molecule has 1 aromatic heterocycles. The summed E-state index contributed by atoms with van der Waals surface area (Å²) >= 11 is 0. The van der Waals surface area contributed by atoms with Crippen LogP contribution in [0.5, 0.6) is 0 Å². The fourth-order valence-electron chi connectivity index (χ4n) is 1.18. The molecule has 0 aliphatic rings. The van der Waals surface area contributed by atoms with Gasteiger partial charge in [0.2, 0.25) is 0 Å². The molecule has 0 aliphatic heterocycles. The number of hydrogen-bond donors (Lipinski definition) is 1. The number of nitrogens with zero attached hydrogens (tertiary/aromatic N) is 2. The van der Waals surface area contributed by atoms with E-state index < -0.39 is 17.9 Å². The second-order valence-corrected chi connectivity index (χ2v) is 4.20. The zero-order valence-electron chi connectivity index (χ0n) is 10.3. The lowest BCUT2D eigenvalue weighted by molar-refractivity contribution is -0.141. The average molecular weight is 240 g/mol. The van der Waals surface area contributed by atoms with Gasteiger partial charge < -0.3 is 14.5 Å². The number of amides is 1. The zero-order chi connectivity index (χ0) is 13.2. The van der Waals surface area contributed by atoms with Crippen molar-refractivity contribution < 1.29 is 19.2 Å². The average Bonchev–Trinajstić information content (AvgIpc) is 2.75. The third-order valence-electron chi connectivity index (χ3n) is 2.58. The minimum Gasteiger partial charge on any atom is -0.480 e. The second-order valence-electron chi connectivity index (χ2n) is 4.20. The van der Waals surface area contributed by atoms with Gasteiger partial charge in [-0.25, -0.2) is 4.79 Å². The molecule has 6 nitrogen and oxygen atoms in total. The van der Waals surface area contributed by atoms with Gasteiger partial charge in [0, 0.05) is 19.0 Å². The maximum absolute atomic E-state index is 11.9. The summed E-state index contributed by atoms with van der Waals surface area (Å²) in [6.45, 7) is 5.26. The van der Waals surface area contributed by atoms with E-state index in [-0.39, 0.29) is 11.6 Å². The van der Waals surface area contributed by atoms with Crippen molar-refractivity contribution in [3.63, 3.8) is 0 Å². The van der Waals surface area contributed by atoms with Crippen LogP contribution in [0.2, 0.25) is 0 Å². The standard InChI is InChI=1S/C11H16N2O4/c1-6(2)9-5-8(12-17-9)10(14)13(4)7(3)11(15)16/h5-7H,1-4H3,(H,15,16). The molecular formula is C11H16N2O4. The molecule has 0 spiro atoms. The highest BCUT2D eigenvalue weighted by Gasteiger charge is 2.25. The fourth-order valence-corrected chi connectivity index (χ4v) is 1.18. The lowest BCUT2D eigenvalue weighted by Crippen LogP contribution is -2.40. The van der Waals surface area contributed by atoms with Crippen LogP contribution in [0.1, 0.15) is 42.9 Å². The van der Waals surface area contributed by atoms with Crippen LogP contribution in [0, 0.1) is 0 Å². The number of rotatable bonds is 4. The van der Waals surface area contributed by atoms with Gasteiger partial charge in [0.15, 0.2) is 5.69 Å². The highest BCUT2D eigenvalue weighted by atomic mass is 16.5. The van der Waals surface area contributed by atoms with Crippen LogP contribution in [0.3, 0.4) is 0 Å². The molecule has 94 valence electrons. The summed E-state index contributed by atoms with van der Waals surface area (Å²) in [6, 6.07) is 0.639. The molecule has 0 radical (unpaired) electrons. The van der Waals surface area contributed by atoms with Gasteiger partial charge >= 0.3 is 5.97 Å². The molecule has 6 heteroatoms. The van der Waals surface area contributed by atoms with Crippen LogP contribution >= 0.6 is 0 Å². The summed E-state index contributed by atoms with van der Waals surface area (Å²) in [7, 11) is 1.42. The van der Waals surface area contributed by atoms with Gasteiger partial charge in [-0.15, -0.1) is 0 Å². The van der Waals surface area contributed by atoms with Gasteiger partial charge in [-0.3, -0.25) is 4.79 Å². The molecule has 17 heavy (non-hydrogen) atoms. The molecule has 1 amide bonds. The van der Waals surface area contributed by atoms with Gasteiger partial charge in [0.05, 0.1) is 0 Å². The van der Waals surface area contributed by atoms with Crippen LogP contribution in [0.15, 0.2) is 10.6 Å². The number of carbonyl (C=O) groups excluding carboxylic acids is 1. The number of aromatic nitrogens is 1. The predicted molar refractivity (Wildman–Crippen MR) is 59.8 cm³/mol. The van der Waals surface area contributed by atoms with Crippen LogP contribution in [-0.4, -0.2) is 40.1 Å². The Hall–Kier alpha value is -1.85. The summed E-state index contributed by atoms with van der Waals surface area (Å²) in [5, 5.41) is 12.4. The van der Waals surface area contributed by atoms with Crippen molar-refractivity contribution in [2.24, 2.45) is 0 Å². The summed E-state index contributed by atoms with van der Waals surface area (Å²) in [5.41, 5.74) is 0.129. The van der Waals surface area contributed by atoms with E-state index in [2.05, 4.69) is 5.16 Å². The van der Waals surface area contributed by atoms with Crippen molar-refractivity contribution in [1.82, 2.24) is 10.1 Å². The normalized spacial score (nSPS) is 12.5. The van der Waals surface area contributed by atoms with Crippen molar-refractivity contribution in [3.8, 4) is 0 Å². The SMILES string of the molecule is CC(C)c1cc(C(=O)N(C)C(C)C(=O)O)no1. The van der Waals surface area contributed by atoms with Crippen LogP contribution < -0.4 is 0 Å². The fraction of sp³-hybridized carbons (Fsp3) is 0.545. The van der Waals surface area contributed by atoms with Crippen LogP contribution in [0.25, 0.3) is 0 Å². The molecule has 0 saturated carbocycles. The van der Waals surface area contributed by atoms with Gasteiger partial charge in [-0.2, -0.15) is 0 Å². The van der Waals surface area contributed by atoms with E-state index in [9.17, 15) is 9.59 Å². The first-order chi connectivity index (χ1) is 7.84. The monoisotopic (exact) mass is 240 g/mol. The second kappa shape index (κ2) is 4.99. The van der Waals surface area contributed by atoms with E-state index in [1.807, 2.05) is 13.8 Å². The van der Waals surface area contributed by atoms with Crippen LogP contribution in [-0.2, 0) is 4.79 Å². The maximum Gasteiger partial charge on any atom is 0.326 e. The highest BCUT2D eigenvalue weighted by molar-refractivity contribution is 5.94. The molecule has 1 atom stereocenters. The van der Waals surface area contributed by atoms with Gasteiger partial charge in [0.1, 0.15) is 11.8 Å². The molecule has 1 aromatic rings. The molecule has 0 aromatic carbocycles. The molecule has 1 unspecified atom stereocenters. The zero-order valence-corrected chi connectivity index (χ0v) is 10.3. The van der Waals surface area contributed by atoms with Crippen molar-refractivity contribution in [2.45, 2.75) is 32.7 Å². The molecular weight excluding hydrogens is 224 g/mol. The molecule has 1 rings (SSSR count). The van der Waals surface area contributed by atoms with Crippen molar-refractivity contribution in [2.75, 3.05) is 7.05 Å². The summed E-state index contributed by atoms with van der Waals surface area (Å²) < 4.78 is 4.99. The Morgan fingerprint density at radius 1 is 1.41 bits per heavy atom. The minimum absolute atomic E-state index is 0.129. The first kappa shape index (κ1) is 13.2. The molecule has 0 bridgehead atoms. The van der Waals surface area contributed by atoms with Crippen molar-refractivity contribution >= 4 is 11.9 Å². The van der Waals surface area contributed by atoms with E-state index in [4.69, 9.17) is 9.63 Å². The summed E-state index contributed by atoms with van der Waals surface area (Å²) in [5.74, 6) is -0.792. The lowest BCUT2D eigenvalue weighted by atomic mass is 10.1. The molecule has 0 saturated heterocycles. The Bertz CT molecular complexity index is 425. The number of likely N-dealkylation sites (N-methyl/N-ethyl adjacent to an activating group) is 1. The Morgan fingerprint density at radius 2 is 2.00 bits per heavy atom. The van der Waals surface area contributed by atoms with E-state index in [1.165, 1.54) is 20.0 Å². The number of carboxylic acids is 1. The highest BCUT2D eigenvalue weighted by Crippen LogP contribution is 2.16. The Morgan fingerprint density at radius 3 is 2.41 bits per heavy atom. The predicted octanol–water partition coefficient (Wildman–Crippen LogP) is 1.34. The maximum atomic E-state index is 11.9. The summed E-state index contributed by atoms with van der Waals surface area (Å²) in [4.78, 5) is 23.7. The Kier molecular flexibility index (Phi) is 3.88.